The number of carbonyl (C=O) groups is 3. The highest BCUT2D eigenvalue weighted by Gasteiger charge is 2.45. The SMILES string of the molecule is COc1ccc(CCN(C(=O)C2CCCCC2)C2CC(=O)N(c3ccc(F)cc3)C2=O)cc1OC. The van der Waals surface area contributed by atoms with Gasteiger partial charge in [0.05, 0.1) is 26.3 Å². The second-order valence-corrected chi connectivity index (χ2v) is 9.07. The molecule has 2 aromatic carbocycles. The van der Waals surface area contributed by atoms with Gasteiger partial charge in [-0.1, -0.05) is 25.3 Å². The Morgan fingerprint density at radius 2 is 1.69 bits per heavy atom. The molecule has 1 aliphatic carbocycles. The van der Waals surface area contributed by atoms with Gasteiger partial charge in [0.2, 0.25) is 11.8 Å². The molecule has 4 rings (SSSR count). The summed E-state index contributed by atoms with van der Waals surface area (Å²) >= 11 is 0. The Balaban J connectivity index is 1.58. The summed E-state index contributed by atoms with van der Waals surface area (Å²) in [5.41, 5.74) is 1.24. The third-order valence-electron chi connectivity index (χ3n) is 6.91. The van der Waals surface area contributed by atoms with E-state index < -0.39 is 17.8 Å². The average Bonchev–Trinajstić information content (AvgIpc) is 3.18. The Hall–Kier alpha value is -3.42. The van der Waals surface area contributed by atoms with E-state index in [9.17, 15) is 18.8 Å². The molecule has 0 radical (unpaired) electrons. The van der Waals surface area contributed by atoms with Crippen molar-refractivity contribution < 1.29 is 28.2 Å². The van der Waals surface area contributed by atoms with Crippen LogP contribution in [-0.4, -0.2) is 49.4 Å². The van der Waals surface area contributed by atoms with E-state index >= 15 is 0 Å². The van der Waals surface area contributed by atoms with Crippen molar-refractivity contribution in [1.82, 2.24) is 4.90 Å². The number of ether oxygens (including phenoxy) is 2. The molecule has 8 heteroatoms. The maximum Gasteiger partial charge on any atom is 0.257 e. The predicted octanol–water partition coefficient (Wildman–Crippen LogP) is 4.13. The molecule has 0 N–H and O–H groups in total. The lowest BCUT2D eigenvalue weighted by atomic mass is 9.87. The zero-order valence-corrected chi connectivity index (χ0v) is 20.2. The van der Waals surface area contributed by atoms with E-state index in [2.05, 4.69) is 0 Å². The van der Waals surface area contributed by atoms with Gasteiger partial charge in [-0.3, -0.25) is 14.4 Å². The van der Waals surface area contributed by atoms with Crippen LogP contribution in [0.2, 0.25) is 0 Å². The first-order chi connectivity index (χ1) is 16.9. The molecule has 1 atom stereocenters. The monoisotopic (exact) mass is 482 g/mol. The lowest BCUT2D eigenvalue weighted by Crippen LogP contribution is -2.48. The van der Waals surface area contributed by atoms with Crippen LogP contribution >= 0.6 is 0 Å². The fourth-order valence-corrected chi connectivity index (χ4v) is 5.01. The zero-order chi connectivity index (χ0) is 24.9. The number of anilines is 1. The van der Waals surface area contributed by atoms with E-state index in [1.165, 1.54) is 24.3 Å². The van der Waals surface area contributed by atoms with E-state index in [-0.39, 0.29) is 24.2 Å². The molecular formula is C27H31FN2O5. The summed E-state index contributed by atoms with van der Waals surface area (Å²) in [5, 5.41) is 0. The first-order valence-corrected chi connectivity index (χ1v) is 12.1. The van der Waals surface area contributed by atoms with Gasteiger partial charge in [-0.2, -0.15) is 0 Å². The smallest absolute Gasteiger partial charge is 0.257 e. The number of carbonyl (C=O) groups excluding carboxylic acids is 3. The summed E-state index contributed by atoms with van der Waals surface area (Å²) in [6.07, 6.45) is 5.07. The van der Waals surface area contributed by atoms with E-state index in [0.717, 1.165) is 42.6 Å². The fourth-order valence-electron chi connectivity index (χ4n) is 5.01. The predicted molar refractivity (Wildman–Crippen MR) is 129 cm³/mol. The van der Waals surface area contributed by atoms with Crippen molar-refractivity contribution in [3.8, 4) is 11.5 Å². The van der Waals surface area contributed by atoms with Crippen molar-refractivity contribution in [1.29, 1.82) is 0 Å². The average molecular weight is 483 g/mol. The van der Waals surface area contributed by atoms with Crippen LogP contribution in [0.25, 0.3) is 0 Å². The van der Waals surface area contributed by atoms with Crippen LogP contribution in [0.15, 0.2) is 42.5 Å². The lowest BCUT2D eigenvalue weighted by molar-refractivity contribution is -0.142. The summed E-state index contributed by atoms with van der Waals surface area (Å²) in [4.78, 5) is 42.5. The minimum absolute atomic E-state index is 0.0720. The number of hydrogen-bond acceptors (Lipinski definition) is 5. The Labute approximate surface area is 204 Å². The third-order valence-corrected chi connectivity index (χ3v) is 6.91. The Kier molecular flexibility index (Phi) is 7.68. The topological polar surface area (TPSA) is 76.2 Å². The van der Waals surface area contributed by atoms with Crippen LogP contribution in [0.3, 0.4) is 0 Å². The molecule has 186 valence electrons. The highest BCUT2D eigenvalue weighted by molar-refractivity contribution is 6.23. The number of rotatable bonds is 8. The second kappa shape index (κ2) is 10.9. The van der Waals surface area contributed by atoms with E-state index in [1.54, 1.807) is 19.1 Å². The molecule has 0 aromatic heterocycles. The zero-order valence-electron chi connectivity index (χ0n) is 20.2. The van der Waals surface area contributed by atoms with Gasteiger partial charge in [-0.15, -0.1) is 0 Å². The standard InChI is InChI=1S/C27H31FN2O5/c1-34-23-13-8-18(16-24(23)35-2)14-15-29(26(32)19-6-4-3-5-7-19)22-17-25(31)30(27(22)33)21-11-9-20(28)10-12-21/h8-13,16,19,22H,3-7,14-15,17H2,1-2H3. The van der Waals surface area contributed by atoms with Crippen LogP contribution in [0.1, 0.15) is 44.1 Å². The molecule has 1 saturated heterocycles. The lowest BCUT2D eigenvalue weighted by Gasteiger charge is -2.32. The van der Waals surface area contributed by atoms with Gasteiger partial charge in [-0.05, 0) is 61.2 Å². The van der Waals surface area contributed by atoms with Gasteiger partial charge in [0.15, 0.2) is 11.5 Å². The van der Waals surface area contributed by atoms with Gasteiger partial charge in [-0.25, -0.2) is 9.29 Å². The van der Waals surface area contributed by atoms with Gasteiger partial charge < -0.3 is 14.4 Å². The maximum atomic E-state index is 13.6. The van der Waals surface area contributed by atoms with Gasteiger partial charge in [0, 0.05) is 12.5 Å². The van der Waals surface area contributed by atoms with Gasteiger partial charge in [0.25, 0.3) is 5.91 Å². The summed E-state index contributed by atoms with van der Waals surface area (Å²) in [7, 11) is 3.13. The van der Waals surface area contributed by atoms with Crippen LogP contribution in [-0.2, 0) is 20.8 Å². The van der Waals surface area contributed by atoms with Crippen LogP contribution in [0.5, 0.6) is 11.5 Å². The van der Waals surface area contributed by atoms with Crippen molar-refractivity contribution >= 4 is 23.4 Å². The van der Waals surface area contributed by atoms with Gasteiger partial charge in [0.1, 0.15) is 11.9 Å². The Morgan fingerprint density at radius 3 is 2.34 bits per heavy atom. The molecule has 3 amide bonds. The molecule has 1 unspecified atom stereocenters. The second-order valence-electron chi connectivity index (χ2n) is 9.07. The van der Waals surface area contributed by atoms with Crippen LogP contribution in [0, 0.1) is 11.7 Å². The number of methoxy groups -OCH3 is 2. The first-order valence-electron chi connectivity index (χ1n) is 12.1. The van der Waals surface area contributed by atoms with Crippen molar-refractivity contribution in [3.63, 3.8) is 0 Å². The van der Waals surface area contributed by atoms with Crippen molar-refractivity contribution in [2.75, 3.05) is 25.7 Å². The summed E-state index contributed by atoms with van der Waals surface area (Å²) < 4.78 is 24.1. The van der Waals surface area contributed by atoms with Crippen molar-refractivity contribution in [2.24, 2.45) is 5.92 Å². The normalized spacial score (nSPS) is 18.6. The minimum atomic E-state index is -0.873. The molecule has 1 saturated carbocycles. The Morgan fingerprint density at radius 1 is 1.00 bits per heavy atom. The summed E-state index contributed by atoms with van der Waals surface area (Å²) in [6.45, 7) is 0.297. The molecule has 7 nitrogen and oxygen atoms in total. The van der Waals surface area contributed by atoms with Crippen LogP contribution in [0.4, 0.5) is 10.1 Å². The molecule has 1 heterocycles. The van der Waals surface area contributed by atoms with E-state index in [0.29, 0.717) is 30.2 Å². The molecule has 1 aliphatic heterocycles. The number of hydrogen-bond donors (Lipinski definition) is 0. The van der Waals surface area contributed by atoms with E-state index in [4.69, 9.17) is 9.47 Å². The van der Waals surface area contributed by atoms with Crippen molar-refractivity contribution in [3.05, 3.63) is 53.8 Å². The van der Waals surface area contributed by atoms with Gasteiger partial charge >= 0.3 is 0 Å². The van der Waals surface area contributed by atoms with Crippen molar-refractivity contribution in [2.45, 2.75) is 51.0 Å². The largest absolute Gasteiger partial charge is 0.493 e. The fraction of sp³-hybridized carbons (Fsp3) is 0.444. The Bertz CT molecular complexity index is 1080. The highest BCUT2D eigenvalue weighted by Crippen LogP contribution is 2.32. The number of halogens is 1. The number of amides is 3. The highest BCUT2D eigenvalue weighted by atomic mass is 19.1. The van der Waals surface area contributed by atoms with Crippen LogP contribution < -0.4 is 14.4 Å². The number of nitrogens with zero attached hydrogens (tertiary/aromatic N) is 2. The minimum Gasteiger partial charge on any atom is -0.493 e. The maximum absolute atomic E-state index is 13.6. The molecule has 0 bridgehead atoms. The first kappa shape index (κ1) is 24.7. The molecule has 2 aromatic rings. The number of benzene rings is 2. The van der Waals surface area contributed by atoms with E-state index in [1.807, 2.05) is 18.2 Å². The quantitative estimate of drug-likeness (QED) is 0.529. The third kappa shape index (κ3) is 5.31. The summed E-state index contributed by atoms with van der Waals surface area (Å²) in [6, 6.07) is 9.93. The molecule has 2 aliphatic rings. The molecular weight excluding hydrogens is 451 g/mol. The molecule has 0 spiro atoms. The number of imide groups is 1. The molecule has 2 fully saturated rings. The summed E-state index contributed by atoms with van der Waals surface area (Å²) in [5.74, 6) is -0.303. The molecule has 35 heavy (non-hydrogen) atoms.